The molecule has 0 radical (unpaired) electrons. The van der Waals surface area contributed by atoms with Crippen LogP contribution in [0, 0.1) is 0 Å². The van der Waals surface area contributed by atoms with E-state index in [-0.39, 0.29) is 11.1 Å². The van der Waals surface area contributed by atoms with Gasteiger partial charge in [-0.3, -0.25) is 9.80 Å². The summed E-state index contributed by atoms with van der Waals surface area (Å²) < 4.78 is 5.68. The summed E-state index contributed by atoms with van der Waals surface area (Å²) in [7, 11) is 0. The summed E-state index contributed by atoms with van der Waals surface area (Å²) >= 11 is 0. The molecule has 18 heavy (non-hydrogen) atoms. The number of ether oxygens (including phenoxy) is 1. The highest BCUT2D eigenvalue weighted by Crippen LogP contribution is 2.43. The van der Waals surface area contributed by atoms with E-state index in [1.807, 2.05) is 0 Å². The first-order valence-corrected chi connectivity index (χ1v) is 7.40. The van der Waals surface area contributed by atoms with Crippen molar-refractivity contribution in [3.8, 4) is 0 Å². The second kappa shape index (κ2) is 4.44. The number of rotatable bonds is 2. The lowest BCUT2D eigenvalue weighted by atomic mass is 9.82. The highest BCUT2D eigenvalue weighted by Gasteiger charge is 2.55. The van der Waals surface area contributed by atoms with Crippen LogP contribution in [0.15, 0.2) is 0 Å². The zero-order valence-corrected chi connectivity index (χ0v) is 11.8. The van der Waals surface area contributed by atoms with Crippen molar-refractivity contribution < 1.29 is 4.74 Å². The Balaban J connectivity index is 1.91. The lowest BCUT2D eigenvalue weighted by molar-refractivity contribution is -0.110. The maximum atomic E-state index is 6.27. The first kappa shape index (κ1) is 12.9. The molecular formula is C14H27N3O. The van der Waals surface area contributed by atoms with Crippen LogP contribution >= 0.6 is 0 Å². The van der Waals surface area contributed by atoms with Crippen molar-refractivity contribution in [3.05, 3.63) is 0 Å². The van der Waals surface area contributed by atoms with Gasteiger partial charge >= 0.3 is 0 Å². The first-order chi connectivity index (χ1) is 8.60. The molecule has 0 aromatic carbocycles. The Morgan fingerprint density at radius 2 is 2.11 bits per heavy atom. The van der Waals surface area contributed by atoms with Crippen LogP contribution < -0.4 is 5.73 Å². The van der Waals surface area contributed by atoms with E-state index >= 15 is 0 Å². The molecule has 2 atom stereocenters. The molecule has 3 saturated heterocycles. The average molecular weight is 253 g/mol. The monoisotopic (exact) mass is 253 g/mol. The van der Waals surface area contributed by atoms with E-state index in [0.717, 1.165) is 26.3 Å². The minimum atomic E-state index is 0.121. The normalized spacial score (nSPS) is 41.2. The van der Waals surface area contributed by atoms with E-state index in [1.165, 1.54) is 32.4 Å². The van der Waals surface area contributed by atoms with E-state index in [4.69, 9.17) is 10.5 Å². The summed E-state index contributed by atoms with van der Waals surface area (Å²) in [5.74, 6) is 0. The van der Waals surface area contributed by atoms with Gasteiger partial charge in [0.05, 0.1) is 18.8 Å². The number of fused-ring (bicyclic) bond motifs is 1. The van der Waals surface area contributed by atoms with Crippen LogP contribution in [0.25, 0.3) is 0 Å². The minimum absolute atomic E-state index is 0.121. The first-order valence-electron chi connectivity index (χ1n) is 7.40. The minimum Gasteiger partial charge on any atom is -0.378 e. The number of morpholine rings is 1. The summed E-state index contributed by atoms with van der Waals surface area (Å²) in [5, 5.41) is 0. The van der Waals surface area contributed by atoms with E-state index in [0.29, 0.717) is 6.04 Å². The van der Waals surface area contributed by atoms with Crippen molar-refractivity contribution in [2.75, 3.05) is 39.4 Å². The number of hydrogen-bond donors (Lipinski definition) is 1. The summed E-state index contributed by atoms with van der Waals surface area (Å²) in [6, 6.07) is 0.680. The lowest BCUT2D eigenvalue weighted by Crippen LogP contribution is -2.69. The molecule has 0 aromatic heterocycles. The number of nitrogens with two attached hydrogens (primary N) is 1. The molecule has 2 N–H and O–H groups in total. The molecule has 2 unspecified atom stereocenters. The smallest absolute Gasteiger partial charge is 0.0645 e. The summed E-state index contributed by atoms with van der Waals surface area (Å²) in [5.41, 5.74) is 6.59. The van der Waals surface area contributed by atoms with Crippen molar-refractivity contribution >= 4 is 0 Å². The van der Waals surface area contributed by atoms with Crippen molar-refractivity contribution in [1.29, 1.82) is 0 Å². The fourth-order valence-corrected chi connectivity index (χ4v) is 4.55. The van der Waals surface area contributed by atoms with Crippen molar-refractivity contribution in [2.24, 2.45) is 5.73 Å². The van der Waals surface area contributed by atoms with Gasteiger partial charge in [0.25, 0.3) is 0 Å². The third-order valence-corrected chi connectivity index (χ3v) is 5.35. The average Bonchev–Trinajstić information content (AvgIpc) is 2.91. The van der Waals surface area contributed by atoms with Gasteiger partial charge in [0, 0.05) is 31.2 Å². The molecule has 0 saturated carbocycles. The molecule has 0 bridgehead atoms. The van der Waals surface area contributed by atoms with E-state index in [9.17, 15) is 0 Å². The lowest BCUT2D eigenvalue weighted by Gasteiger charge is -2.54. The highest BCUT2D eigenvalue weighted by molar-refractivity contribution is 5.12. The van der Waals surface area contributed by atoms with Crippen LogP contribution in [0.3, 0.4) is 0 Å². The molecule has 4 nitrogen and oxygen atoms in total. The molecule has 3 heterocycles. The summed E-state index contributed by atoms with van der Waals surface area (Å²) in [6.07, 6.45) is 3.90. The molecule has 3 aliphatic heterocycles. The summed E-state index contributed by atoms with van der Waals surface area (Å²) in [6.45, 7) is 10.6. The van der Waals surface area contributed by atoms with Crippen LogP contribution in [0.5, 0.6) is 0 Å². The second-order valence-electron chi connectivity index (χ2n) is 6.77. The molecule has 0 aromatic rings. The van der Waals surface area contributed by atoms with E-state index in [1.54, 1.807) is 0 Å². The molecule has 0 spiro atoms. The zero-order valence-electron chi connectivity index (χ0n) is 11.8. The predicted molar refractivity (Wildman–Crippen MR) is 72.6 cm³/mol. The Hall–Kier alpha value is -0.160. The number of hydrogen-bond acceptors (Lipinski definition) is 4. The van der Waals surface area contributed by atoms with Gasteiger partial charge in [0.1, 0.15) is 0 Å². The maximum Gasteiger partial charge on any atom is 0.0645 e. The third-order valence-electron chi connectivity index (χ3n) is 5.35. The predicted octanol–water partition coefficient (Wildman–Crippen LogP) is 0.663. The van der Waals surface area contributed by atoms with Crippen molar-refractivity contribution in [1.82, 2.24) is 9.80 Å². The third kappa shape index (κ3) is 1.73. The Kier molecular flexibility index (Phi) is 3.17. The topological polar surface area (TPSA) is 41.7 Å². The van der Waals surface area contributed by atoms with Crippen LogP contribution in [-0.2, 0) is 4.74 Å². The maximum absolute atomic E-state index is 6.27. The molecule has 3 rings (SSSR count). The van der Waals surface area contributed by atoms with Crippen LogP contribution in [-0.4, -0.2) is 66.3 Å². The Morgan fingerprint density at radius 1 is 1.28 bits per heavy atom. The van der Waals surface area contributed by atoms with E-state index < -0.39 is 0 Å². The van der Waals surface area contributed by atoms with Crippen LogP contribution in [0.2, 0.25) is 0 Å². The van der Waals surface area contributed by atoms with Gasteiger partial charge in [-0.25, -0.2) is 0 Å². The van der Waals surface area contributed by atoms with Crippen molar-refractivity contribution in [2.45, 2.75) is 50.2 Å². The Morgan fingerprint density at radius 3 is 2.83 bits per heavy atom. The molecule has 3 fully saturated rings. The fourth-order valence-electron chi connectivity index (χ4n) is 4.55. The van der Waals surface area contributed by atoms with Gasteiger partial charge < -0.3 is 10.5 Å². The van der Waals surface area contributed by atoms with Crippen LogP contribution in [0.1, 0.15) is 33.1 Å². The van der Waals surface area contributed by atoms with Crippen LogP contribution in [0.4, 0.5) is 0 Å². The highest BCUT2D eigenvalue weighted by atomic mass is 16.5. The zero-order chi connectivity index (χ0) is 12.8. The molecule has 4 heteroatoms. The Bertz CT molecular complexity index is 320. The molecule has 0 amide bonds. The van der Waals surface area contributed by atoms with Gasteiger partial charge in [-0.15, -0.1) is 0 Å². The quantitative estimate of drug-likeness (QED) is 0.785. The van der Waals surface area contributed by atoms with Gasteiger partial charge in [0.2, 0.25) is 0 Å². The number of nitrogens with zero attached hydrogens (tertiary/aromatic N) is 2. The van der Waals surface area contributed by atoms with Gasteiger partial charge in [-0.05, 0) is 39.7 Å². The molecule has 104 valence electrons. The SMILES string of the molecule is CC1(C)COCCN1C1(CN)CCN2CCCC21. The largest absolute Gasteiger partial charge is 0.378 e. The Labute approximate surface area is 110 Å². The molecule has 0 aliphatic carbocycles. The van der Waals surface area contributed by atoms with Gasteiger partial charge in [0.15, 0.2) is 0 Å². The second-order valence-corrected chi connectivity index (χ2v) is 6.77. The summed E-state index contributed by atoms with van der Waals surface area (Å²) in [4.78, 5) is 5.35. The fraction of sp³-hybridized carbons (Fsp3) is 1.00. The molecule has 3 aliphatic rings. The van der Waals surface area contributed by atoms with E-state index in [2.05, 4.69) is 23.6 Å². The molecular weight excluding hydrogens is 226 g/mol. The van der Waals surface area contributed by atoms with Gasteiger partial charge in [-0.2, -0.15) is 0 Å². The standard InChI is InChI=1S/C14H27N3O/c1-13(2)11-18-9-8-17(13)14(10-15)5-7-16-6-3-4-12(14)16/h12H,3-11,15H2,1-2H3. The van der Waals surface area contributed by atoms with Gasteiger partial charge in [-0.1, -0.05) is 0 Å². The van der Waals surface area contributed by atoms with Crippen molar-refractivity contribution in [3.63, 3.8) is 0 Å².